The summed E-state index contributed by atoms with van der Waals surface area (Å²) in [6.45, 7) is 6.08. The standard InChI is InChI=1S/C4H11Cl2P/c1-7(2,3,6)4-5/h4H2,1-3H3. The van der Waals surface area contributed by atoms with Crippen molar-refractivity contribution < 1.29 is 0 Å². The van der Waals surface area contributed by atoms with Crippen molar-refractivity contribution in [3.63, 3.8) is 0 Å². The Kier molecular flexibility index (Phi) is 2.01. The van der Waals surface area contributed by atoms with Gasteiger partial charge in [0.15, 0.2) is 0 Å². The molecular weight excluding hydrogens is 150 g/mol. The first-order chi connectivity index (χ1) is 2.81. The molecule has 3 heteroatoms. The van der Waals surface area contributed by atoms with E-state index in [0.717, 1.165) is 0 Å². The number of hydrogen-bond donors (Lipinski definition) is 0. The van der Waals surface area contributed by atoms with Crippen molar-refractivity contribution >= 4 is 28.8 Å². The predicted octanol–water partition coefficient (Wildman–Crippen LogP) is 2.78. The van der Waals surface area contributed by atoms with E-state index in [2.05, 4.69) is 0 Å². The van der Waals surface area contributed by atoms with E-state index in [0.29, 0.717) is 5.62 Å². The van der Waals surface area contributed by atoms with E-state index in [4.69, 9.17) is 22.8 Å². The Bertz CT molecular complexity index is 62.2. The fraction of sp³-hybridized carbons (Fsp3) is 1.00. The molecule has 0 saturated carbocycles. The summed E-state index contributed by atoms with van der Waals surface area (Å²) in [5.74, 6) is -1.84. The minimum absolute atomic E-state index is 0.604. The maximum atomic E-state index is 5.97. The van der Waals surface area contributed by atoms with Gasteiger partial charge in [-0.2, -0.15) is 0 Å². The van der Waals surface area contributed by atoms with Crippen molar-refractivity contribution in [3.05, 3.63) is 0 Å². The first kappa shape index (κ1) is 8.01. The third-order valence-electron chi connectivity index (χ3n) is 0.404. The molecule has 0 heterocycles. The molecule has 0 fully saturated rings. The van der Waals surface area contributed by atoms with Crippen molar-refractivity contribution in [2.75, 3.05) is 25.6 Å². The Morgan fingerprint density at radius 1 is 1.29 bits per heavy atom. The molecule has 0 aromatic rings. The van der Waals surface area contributed by atoms with Crippen LogP contribution in [0.1, 0.15) is 0 Å². The van der Waals surface area contributed by atoms with E-state index in [1.54, 1.807) is 0 Å². The molecule has 0 aliphatic rings. The van der Waals surface area contributed by atoms with Crippen LogP contribution in [-0.4, -0.2) is 25.6 Å². The zero-order valence-electron chi connectivity index (χ0n) is 4.91. The van der Waals surface area contributed by atoms with Gasteiger partial charge < -0.3 is 0 Å². The van der Waals surface area contributed by atoms with Crippen LogP contribution < -0.4 is 0 Å². The third kappa shape index (κ3) is 7.01. The fourth-order valence-corrected chi connectivity index (χ4v) is 0. The average Bonchev–Trinajstić information content (AvgIpc) is 1.32. The van der Waals surface area contributed by atoms with Gasteiger partial charge in [0.2, 0.25) is 0 Å². The summed E-state index contributed by atoms with van der Waals surface area (Å²) in [5.41, 5.74) is 0.604. The number of hydrogen-bond acceptors (Lipinski definition) is 0. The molecule has 0 amide bonds. The zero-order chi connectivity index (χ0) is 6.15. The second-order valence-corrected chi connectivity index (χ2v) is 13.6. The first-order valence-electron chi connectivity index (χ1n) is 2.09. The summed E-state index contributed by atoms with van der Waals surface area (Å²) in [6, 6.07) is 0. The van der Waals surface area contributed by atoms with Gasteiger partial charge in [-0.05, 0) is 0 Å². The number of alkyl halides is 1. The van der Waals surface area contributed by atoms with Gasteiger partial charge in [-0.15, -0.1) is 0 Å². The van der Waals surface area contributed by atoms with E-state index in [1.165, 1.54) is 0 Å². The molecule has 0 aliphatic carbocycles. The van der Waals surface area contributed by atoms with Crippen LogP contribution in [-0.2, 0) is 0 Å². The molecule has 0 unspecified atom stereocenters. The first-order valence-corrected chi connectivity index (χ1v) is 7.30. The summed E-state index contributed by atoms with van der Waals surface area (Å²) in [7, 11) is 0. The Balaban J connectivity index is 3.83. The second kappa shape index (κ2) is 1.76. The van der Waals surface area contributed by atoms with Gasteiger partial charge in [-0.25, -0.2) is 0 Å². The quantitative estimate of drug-likeness (QED) is 0.409. The van der Waals surface area contributed by atoms with Crippen LogP contribution >= 0.6 is 28.8 Å². The van der Waals surface area contributed by atoms with Gasteiger partial charge in [0.1, 0.15) is 0 Å². The SMILES string of the molecule is CP(C)(C)(Cl)CCl. The van der Waals surface area contributed by atoms with Crippen LogP contribution in [0.4, 0.5) is 0 Å². The molecule has 0 saturated heterocycles. The predicted molar refractivity (Wildman–Crippen MR) is 41.3 cm³/mol. The average molecular weight is 161 g/mol. The van der Waals surface area contributed by atoms with Crippen molar-refractivity contribution in [2.24, 2.45) is 0 Å². The van der Waals surface area contributed by atoms with Crippen LogP contribution in [0.2, 0.25) is 0 Å². The summed E-state index contributed by atoms with van der Waals surface area (Å²) < 4.78 is 0. The Labute approximate surface area is 54.9 Å². The van der Waals surface area contributed by atoms with Crippen molar-refractivity contribution in [1.82, 2.24) is 0 Å². The minimum atomic E-state index is -1.84. The third-order valence-corrected chi connectivity index (χ3v) is 4.45. The Hall–Kier alpha value is 1.01. The second-order valence-electron chi connectivity index (χ2n) is 3.04. The molecule has 0 aliphatic heterocycles. The summed E-state index contributed by atoms with van der Waals surface area (Å²) in [6.07, 6.45) is 0. The van der Waals surface area contributed by atoms with Crippen LogP contribution in [0.5, 0.6) is 0 Å². The van der Waals surface area contributed by atoms with E-state index < -0.39 is 5.96 Å². The Morgan fingerprint density at radius 3 is 1.43 bits per heavy atom. The molecule has 0 nitrogen and oxygen atoms in total. The van der Waals surface area contributed by atoms with Gasteiger partial charge in [-0.3, -0.25) is 0 Å². The van der Waals surface area contributed by atoms with Crippen LogP contribution in [0, 0.1) is 0 Å². The van der Waals surface area contributed by atoms with Gasteiger partial charge in [0, 0.05) is 0 Å². The van der Waals surface area contributed by atoms with Crippen molar-refractivity contribution in [1.29, 1.82) is 0 Å². The monoisotopic (exact) mass is 160 g/mol. The van der Waals surface area contributed by atoms with Gasteiger partial charge in [0.05, 0.1) is 0 Å². The van der Waals surface area contributed by atoms with E-state index in [-0.39, 0.29) is 0 Å². The van der Waals surface area contributed by atoms with Gasteiger partial charge in [-0.1, -0.05) is 0 Å². The summed E-state index contributed by atoms with van der Waals surface area (Å²) >= 11 is 11.5. The topological polar surface area (TPSA) is 0 Å². The van der Waals surface area contributed by atoms with E-state index in [1.807, 2.05) is 20.0 Å². The fourth-order valence-electron chi connectivity index (χ4n) is 0. The molecule has 0 N–H and O–H groups in total. The maximum absolute atomic E-state index is 5.97. The summed E-state index contributed by atoms with van der Waals surface area (Å²) in [5, 5.41) is 0. The molecule has 0 aromatic heterocycles. The normalized spacial score (nSPS) is 18.1. The summed E-state index contributed by atoms with van der Waals surface area (Å²) in [4.78, 5) is 0. The number of halogens is 2. The molecule has 0 spiro atoms. The van der Waals surface area contributed by atoms with Crippen LogP contribution in [0.3, 0.4) is 0 Å². The van der Waals surface area contributed by atoms with Crippen molar-refractivity contribution in [3.8, 4) is 0 Å². The molecule has 0 rings (SSSR count). The Morgan fingerprint density at radius 2 is 1.43 bits per heavy atom. The zero-order valence-corrected chi connectivity index (χ0v) is 7.32. The molecule has 7 heavy (non-hydrogen) atoms. The van der Waals surface area contributed by atoms with Crippen LogP contribution in [0.25, 0.3) is 0 Å². The van der Waals surface area contributed by atoms with Crippen LogP contribution in [0.15, 0.2) is 0 Å². The molecular formula is C4H11Cl2P. The molecule has 0 radical (unpaired) electrons. The molecule has 0 atom stereocenters. The molecule has 0 aromatic carbocycles. The van der Waals surface area contributed by atoms with E-state index in [9.17, 15) is 0 Å². The van der Waals surface area contributed by atoms with E-state index >= 15 is 0 Å². The van der Waals surface area contributed by atoms with Crippen molar-refractivity contribution in [2.45, 2.75) is 0 Å². The molecule has 46 valence electrons. The van der Waals surface area contributed by atoms with Gasteiger partial charge >= 0.3 is 54.4 Å². The number of rotatable bonds is 1. The molecule has 0 bridgehead atoms. The van der Waals surface area contributed by atoms with Gasteiger partial charge in [0.25, 0.3) is 0 Å².